The normalized spacial score (nSPS) is 13.8. The number of nitrogens with two attached hydrogens (primary N) is 1. The van der Waals surface area contributed by atoms with E-state index in [0.717, 1.165) is 5.69 Å². The Morgan fingerprint density at radius 3 is 2.58 bits per heavy atom. The SMILES string of the molecule is Cc1ccn(C(CN)C(C)C)n1. The van der Waals surface area contributed by atoms with Crippen molar-refractivity contribution in [3.63, 3.8) is 0 Å². The van der Waals surface area contributed by atoms with Crippen molar-refractivity contribution < 1.29 is 0 Å². The van der Waals surface area contributed by atoms with E-state index in [1.54, 1.807) is 0 Å². The molecule has 3 heteroatoms. The van der Waals surface area contributed by atoms with Crippen LogP contribution in [0.4, 0.5) is 0 Å². The largest absolute Gasteiger partial charge is 0.328 e. The van der Waals surface area contributed by atoms with Crippen molar-refractivity contribution in [1.82, 2.24) is 9.78 Å². The van der Waals surface area contributed by atoms with E-state index in [9.17, 15) is 0 Å². The number of nitrogens with zero attached hydrogens (tertiary/aromatic N) is 2. The molecule has 68 valence electrons. The molecule has 0 aliphatic heterocycles. The molecule has 0 amide bonds. The second-order valence-electron chi connectivity index (χ2n) is 3.48. The summed E-state index contributed by atoms with van der Waals surface area (Å²) < 4.78 is 1.96. The summed E-state index contributed by atoms with van der Waals surface area (Å²) in [7, 11) is 0. The fraction of sp³-hybridized carbons (Fsp3) is 0.667. The molecule has 1 aromatic rings. The minimum atomic E-state index is 0.332. The molecule has 2 N–H and O–H groups in total. The maximum absolute atomic E-state index is 5.65. The summed E-state index contributed by atoms with van der Waals surface area (Å²) in [6.07, 6.45) is 1.99. The summed E-state index contributed by atoms with van der Waals surface area (Å²) in [6.45, 7) is 6.96. The van der Waals surface area contributed by atoms with Crippen LogP contribution in [0.3, 0.4) is 0 Å². The van der Waals surface area contributed by atoms with E-state index >= 15 is 0 Å². The van der Waals surface area contributed by atoms with Crippen LogP contribution in [0.1, 0.15) is 25.6 Å². The van der Waals surface area contributed by atoms with Gasteiger partial charge in [-0.05, 0) is 18.9 Å². The zero-order chi connectivity index (χ0) is 9.14. The molecule has 0 fully saturated rings. The van der Waals surface area contributed by atoms with Crippen molar-refractivity contribution in [2.75, 3.05) is 6.54 Å². The van der Waals surface area contributed by atoms with Gasteiger partial charge in [0.1, 0.15) is 0 Å². The van der Waals surface area contributed by atoms with Gasteiger partial charge >= 0.3 is 0 Å². The number of aryl methyl sites for hydroxylation is 1. The van der Waals surface area contributed by atoms with E-state index in [1.165, 1.54) is 0 Å². The second kappa shape index (κ2) is 3.72. The lowest BCUT2D eigenvalue weighted by Crippen LogP contribution is -2.24. The molecule has 0 aromatic carbocycles. The highest BCUT2D eigenvalue weighted by atomic mass is 15.3. The molecule has 1 atom stereocenters. The maximum atomic E-state index is 5.65. The number of hydrogen-bond acceptors (Lipinski definition) is 2. The third-order valence-corrected chi connectivity index (χ3v) is 2.09. The van der Waals surface area contributed by atoms with Crippen LogP contribution in [-0.2, 0) is 0 Å². The van der Waals surface area contributed by atoms with Gasteiger partial charge in [-0.25, -0.2) is 0 Å². The Hall–Kier alpha value is -0.830. The van der Waals surface area contributed by atoms with Crippen LogP contribution < -0.4 is 5.73 Å². The number of rotatable bonds is 3. The Morgan fingerprint density at radius 2 is 2.25 bits per heavy atom. The highest BCUT2D eigenvalue weighted by Gasteiger charge is 2.13. The minimum Gasteiger partial charge on any atom is -0.328 e. The van der Waals surface area contributed by atoms with Gasteiger partial charge in [0.25, 0.3) is 0 Å². The molecular formula is C9H17N3. The van der Waals surface area contributed by atoms with Crippen molar-refractivity contribution in [2.24, 2.45) is 11.7 Å². The minimum absolute atomic E-state index is 0.332. The average molecular weight is 167 g/mol. The van der Waals surface area contributed by atoms with Gasteiger partial charge in [-0.3, -0.25) is 4.68 Å². The van der Waals surface area contributed by atoms with Crippen LogP contribution in [-0.4, -0.2) is 16.3 Å². The van der Waals surface area contributed by atoms with Crippen molar-refractivity contribution in [3.05, 3.63) is 18.0 Å². The lowest BCUT2D eigenvalue weighted by atomic mass is 10.1. The Kier molecular flexibility index (Phi) is 2.87. The number of hydrogen-bond donors (Lipinski definition) is 1. The molecule has 1 aromatic heterocycles. The quantitative estimate of drug-likeness (QED) is 0.738. The van der Waals surface area contributed by atoms with E-state index in [4.69, 9.17) is 5.73 Å². The van der Waals surface area contributed by atoms with Gasteiger partial charge in [-0.15, -0.1) is 0 Å². The lowest BCUT2D eigenvalue weighted by Gasteiger charge is -2.19. The van der Waals surface area contributed by atoms with Gasteiger partial charge in [-0.2, -0.15) is 5.10 Å². The van der Waals surface area contributed by atoms with Crippen LogP contribution in [0.15, 0.2) is 12.3 Å². The molecule has 1 unspecified atom stereocenters. The summed E-state index contributed by atoms with van der Waals surface area (Å²) in [5, 5.41) is 4.34. The van der Waals surface area contributed by atoms with E-state index in [-0.39, 0.29) is 0 Å². The standard InChI is InChI=1S/C9H17N3/c1-7(2)9(6-10)12-5-4-8(3)11-12/h4-5,7,9H,6,10H2,1-3H3. The van der Waals surface area contributed by atoms with Crippen molar-refractivity contribution in [2.45, 2.75) is 26.8 Å². The second-order valence-corrected chi connectivity index (χ2v) is 3.48. The van der Waals surface area contributed by atoms with Gasteiger partial charge in [-0.1, -0.05) is 13.8 Å². The average Bonchev–Trinajstić information content (AvgIpc) is 2.37. The van der Waals surface area contributed by atoms with Gasteiger partial charge in [0.05, 0.1) is 11.7 Å². The lowest BCUT2D eigenvalue weighted by molar-refractivity contribution is 0.353. The van der Waals surface area contributed by atoms with Crippen molar-refractivity contribution >= 4 is 0 Å². The first-order chi connectivity index (χ1) is 5.65. The summed E-state index contributed by atoms with van der Waals surface area (Å²) >= 11 is 0. The molecule has 0 saturated heterocycles. The Balaban J connectivity index is 2.80. The van der Waals surface area contributed by atoms with Crippen LogP contribution in [0, 0.1) is 12.8 Å². The summed E-state index contributed by atoms with van der Waals surface area (Å²) in [5.41, 5.74) is 6.70. The van der Waals surface area contributed by atoms with E-state index in [0.29, 0.717) is 18.5 Å². The molecule has 0 aliphatic carbocycles. The van der Waals surface area contributed by atoms with Crippen molar-refractivity contribution in [3.8, 4) is 0 Å². The van der Waals surface area contributed by atoms with Crippen LogP contribution >= 0.6 is 0 Å². The molecule has 0 radical (unpaired) electrons. The van der Waals surface area contributed by atoms with E-state index in [2.05, 4.69) is 18.9 Å². The smallest absolute Gasteiger partial charge is 0.0664 e. The Bertz CT molecular complexity index is 240. The van der Waals surface area contributed by atoms with Gasteiger partial charge in [0.2, 0.25) is 0 Å². The maximum Gasteiger partial charge on any atom is 0.0664 e. The summed E-state index contributed by atoms with van der Waals surface area (Å²) in [4.78, 5) is 0. The Labute approximate surface area is 73.6 Å². The predicted octanol–water partition coefficient (Wildman–Crippen LogP) is 1.35. The first kappa shape index (κ1) is 9.26. The van der Waals surface area contributed by atoms with Crippen LogP contribution in [0.2, 0.25) is 0 Å². The predicted molar refractivity (Wildman–Crippen MR) is 49.9 cm³/mol. The number of aromatic nitrogens is 2. The molecule has 0 bridgehead atoms. The van der Waals surface area contributed by atoms with Crippen LogP contribution in [0.25, 0.3) is 0 Å². The molecule has 12 heavy (non-hydrogen) atoms. The first-order valence-electron chi connectivity index (χ1n) is 4.37. The van der Waals surface area contributed by atoms with Crippen LogP contribution in [0.5, 0.6) is 0 Å². The molecule has 1 rings (SSSR count). The topological polar surface area (TPSA) is 43.8 Å². The molecular weight excluding hydrogens is 150 g/mol. The van der Waals surface area contributed by atoms with E-state index < -0.39 is 0 Å². The monoisotopic (exact) mass is 167 g/mol. The van der Waals surface area contributed by atoms with Gasteiger partial charge in [0.15, 0.2) is 0 Å². The molecule has 0 spiro atoms. The fourth-order valence-corrected chi connectivity index (χ4v) is 1.30. The summed E-state index contributed by atoms with van der Waals surface area (Å²) in [6, 6.07) is 2.34. The summed E-state index contributed by atoms with van der Waals surface area (Å²) in [5.74, 6) is 0.536. The fourth-order valence-electron chi connectivity index (χ4n) is 1.30. The zero-order valence-corrected chi connectivity index (χ0v) is 7.99. The molecule has 3 nitrogen and oxygen atoms in total. The first-order valence-corrected chi connectivity index (χ1v) is 4.37. The third kappa shape index (κ3) is 1.85. The molecule has 1 heterocycles. The molecule has 0 saturated carbocycles. The third-order valence-electron chi connectivity index (χ3n) is 2.09. The van der Waals surface area contributed by atoms with E-state index in [1.807, 2.05) is 23.9 Å². The Morgan fingerprint density at radius 1 is 1.58 bits per heavy atom. The highest BCUT2D eigenvalue weighted by Crippen LogP contribution is 2.14. The van der Waals surface area contributed by atoms with Gasteiger partial charge < -0.3 is 5.73 Å². The highest BCUT2D eigenvalue weighted by molar-refractivity contribution is 4.96. The molecule has 0 aliphatic rings. The zero-order valence-electron chi connectivity index (χ0n) is 7.99. The van der Waals surface area contributed by atoms with Gasteiger partial charge in [0, 0.05) is 12.7 Å². The van der Waals surface area contributed by atoms with Crippen molar-refractivity contribution in [1.29, 1.82) is 0 Å².